The van der Waals surface area contributed by atoms with Crippen LogP contribution >= 0.6 is 23.2 Å². The summed E-state index contributed by atoms with van der Waals surface area (Å²) in [4.78, 5) is 18.2. The summed E-state index contributed by atoms with van der Waals surface area (Å²) in [6.07, 6.45) is 3.72. The van der Waals surface area contributed by atoms with Gasteiger partial charge in [0.1, 0.15) is 5.75 Å². The van der Waals surface area contributed by atoms with Crippen molar-refractivity contribution in [2.24, 2.45) is 4.99 Å². The number of hydrogen-bond donors (Lipinski definition) is 1. The molecule has 0 spiro atoms. The summed E-state index contributed by atoms with van der Waals surface area (Å²) in [5, 5.41) is 9.79. The summed E-state index contributed by atoms with van der Waals surface area (Å²) in [5.74, 6) is 0.398. The van der Waals surface area contributed by atoms with Gasteiger partial charge in [-0.05, 0) is 42.0 Å². The molecule has 0 aromatic heterocycles. The third-order valence-electron chi connectivity index (χ3n) is 5.96. The first kappa shape index (κ1) is 26.7. The largest absolute Gasteiger partial charge is 0.494 e. The Hall–Kier alpha value is -3.32. The predicted molar refractivity (Wildman–Crippen MR) is 145 cm³/mol. The van der Waals surface area contributed by atoms with Crippen LogP contribution in [0.4, 0.5) is 0 Å². The summed E-state index contributed by atoms with van der Waals surface area (Å²) in [5.41, 5.74) is 0.821. The zero-order valence-corrected chi connectivity index (χ0v) is 21.8. The number of esters is 1. The van der Waals surface area contributed by atoms with Gasteiger partial charge >= 0.3 is 5.97 Å². The molecule has 1 aliphatic rings. The minimum atomic E-state index is -1.41. The number of aliphatic hydroxyl groups excluding tert-OH is 1. The monoisotopic (exact) mass is 539 g/mol. The minimum absolute atomic E-state index is 0.0612. The maximum Gasteiger partial charge on any atom is 0.338 e. The molecular formula is C29H27Cl2NO5. The quantitative estimate of drug-likeness (QED) is 0.242. The van der Waals surface area contributed by atoms with E-state index < -0.39 is 17.6 Å². The van der Waals surface area contributed by atoms with E-state index in [1.165, 1.54) is 7.11 Å². The van der Waals surface area contributed by atoms with Gasteiger partial charge in [-0.15, -0.1) is 0 Å². The highest BCUT2D eigenvalue weighted by molar-refractivity contribution is 6.35. The molecule has 3 aromatic rings. The Bertz CT molecular complexity index is 1280. The van der Waals surface area contributed by atoms with Crippen molar-refractivity contribution in [3.63, 3.8) is 0 Å². The van der Waals surface area contributed by atoms with E-state index in [-0.39, 0.29) is 18.9 Å². The number of aliphatic hydroxyl groups is 1. The fourth-order valence-electron chi connectivity index (χ4n) is 4.10. The molecule has 2 atom stereocenters. The molecule has 0 saturated carbocycles. The zero-order chi connectivity index (χ0) is 26.3. The van der Waals surface area contributed by atoms with Crippen molar-refractivity contribution in [3.8, 4) is 5.75 Å². The molecule has 1 heterocycles. The second-order valence-electron chi connectivity index (χ2n) is 8.46. The van der Waals surface area contributed by atoms with Crippen molar-refractivity contribution in [1.82, 2.24) is 0 Å². The second kappa shape index (κ2) is 12.3. The SMILES string of the molecule is COC(=O)[C@]1(C/C=C/c2ccccc2)N=C(c2ccc(OCCCO)cc2)O[C@@H]1c1ccc(Cl)cc1Cl. The van der Waals surface area contributed by atoms with Gasteiger partial charge in [-0.25, -0.2) is 9.79 Å². The van der Waals surface area contributed by atoms with Gasteiger partial charge in [0.05, 0.1) is 13.7 Å². The van der Waals surface area contributed by atoms with Crippen LogP contribution < -0.4 is 4.74 Å². The first-order chi connectivity index (χ1) is 18.0. The Morgan fingerprint density at radius 2 is 1.86 bits per heavy atom. The van der Waals surface area contributed by atoms with E-state index in [0.717, 1.165) is 5.56 Å². The first-order valence-electron chi connectivity index (χ1n) is 11.8. The van der Waals surface area contributed by atoms with Gasteiger partial charge in [0.2, 0.25) is 11.4 Å². The van der Waals surface area contributed by atoms with Crippen molar-refractivity contribution in [1.29, 1.82) is 0 Å². The van der Waals surface area contributed by atoms with E-state index in [1.54, 1.807) is 42.5 Å². The van der Waals surface area contributed by atoms with Crippen LogP contribution in [-0.2, 0) is 14.3 Å². The standard InChI is InChI=1S/C29H27Cl2NO5/c1-35-28(34)29(16-5-9-20-7-3-2-4-8-20)26(24-15-12-22(30)19-25(24)31)37-27(32-29)21-10-13-23(14-11-21)36-18-6-17-33/h2-5,7-15,19,26,33H,6,16-18H2,1H3/b9-5+/t26-,29-/m1/s1. The van der Waals surface area contributed by atoms with Crippen molar-refractivity contribution in [2.75, 3.05) is 20.3 Å². The molecule has 192 valence electrons. The van der Waals surface area contributed by atoms with Crippen molar-refractivity contribution >= 4 is 41.1 Å². The van der Waals surface area contributed by atoms with Gasteiger partial charge in [-0.2, -0.15) is 0 Å². The van der Waals surface area contributed by atoms with Crippen LogP contribution in [0.1, 0.15) is 35.6 Å². The number of carbonyl (C=O) groups is 1. The molecule has 1 aliphatic heterocycles. The molecule has 0 saturated heterocycles. The molecule has 0 amide bonds. The molecule has 3 aromatic carbocycles. The normalized spacial score (nSPS) is 18.9. The van der Waals surface area contributed by atoms with Gasteiger partial charge in [0.15, 0.2) is 6.10 Å². The van der Waals surface area contributed by atoms with E-state index in [4.69, 9.17) is 47.5 Å². The lowest BCUT2D eigenvalue weighted by molar-refractivity contribution is -0.149. The van der Waals surface area contributed by atoms with Gasteiger partial charge in [0.25, 0.3) is 0 Å². The molecule has 1 N–H and O–H groups in total. The lowest BCUT2D eigenvalue weighted by Crippen LogP contribution is -2.41. The maximum atomic E-state index is 13.4. The van der Waals surface area contributed by atoms with Gasteiger partial charge in [0, 0.05) is 40.6 Å². The Morgan fingerprint density at radius 3 is 2.54 bits per heavy atom. The van der Waals surface area contributed by atoms with Crippen LogP contribution in [0.25, 0.3) is 6.08 Å². The molecule has 8 heteroatoms. The Kier molecular flexibility index (Phi) is 8.87. The fraction of sp³-hybridized carbons (Fsp3) is 0.241. The minimum Gasteiger partial charge on any atom is -0.494 e. The topological polar surface area (TPSA) is 77.4 Å². The highest BCUT2D eigenvalue weighted by Crippen LogP contribution is 2.45. The number of benzene rings is 3. The average molecular weight is 540 g/mol. The number of nitrogens with zero attached hydrogens (tertiary/aromatic N) is 1. The van der Waals surface area contributed by atoms with E-state index in [1.807, 2.05) is 42.5 Å². The third kappa shape index (κ3) is 6.16. The van der Waals surface area contributed by atoms with Gasteiger partial charge in [-0.3, -0.25) is 0 Å². The molecule has 0 aliphatic carbocycles. The highest BCUT2D eigenvalue weighted by Gasteiger charge is 2.54. The van der Waals surface area contributed by atoms with Crippen molar-refractivity contribution in [2.45, 2.75) is 24.5 Å². The first-order valence-corrected chi connectivity index (χ1v) is 12.6. The molecule has 0 fully saturated rings. The van der Waals surface area contributed by atoms with E-state index in [0.29, 0.717) is 39.9 Å². The third-order valence-corrected chi connectivity index (χ3v) is 6.52. The lowest BCUT2D eigenvalue weighted by Gasteiger charge is -2.28. The second-order valence-corrected chi connectivity index (χ2v) is 9.31. The molecular weight excluding hydrogens is 513 g/mol. The predicted octanol–water partition coefficient (Wildman–Crippen LogP) is 6.29. The Labute approximate surface area is 226 Å². The molecule has 6 nitrogen and oxygen atoms in total. The van der Waals surface area contributed by atoms with Crippen LogP contribution in [-0.4, -0.2) is 42.8 Å². The summed E-state index contributed by atoms with van der Waals surface area (Å²) in [6.45, 7) is 0.468. The van der Waals surface area contributed by atoms with Crippen LogP contribution in [0.5, 0.6) is 5.75 Å². The number of ether oxygens (including phenoxy) is 3. The molecule has 0 bridgehead atoms. The number of aliphatic imine (C=N–C) groups is 1. The van der Waals surface area contributed by atoms with E-state index in [2.05, 4.69) is 0 Å². The number of hydrogen-bond acceptors (Lipinski definition) is 6. The maximum absolute atomic E-state index is 13.4. The van der Waals surface area contributed by atoms with Crippen LogP contribution in [0, 0.1) is 0 Å². The number of carbonyl (C=O) groups excluding carboxylic acids is 1. The fourth-order valence-corrected chi connectivity index (χ4v) is 4.60. The number of halogens is 2. The molecule has 37 heavy (non-hydrogen) atoms. The van der Waals surface area contributed by atoms with Crippen LogP contribution in [0.2, 0.25) is 10.0 Å². The van der Waals surface area contributed by atoms with Crippen LogP contribution in [0.15, 0.2) is 83.9 Å². The average Bonchev–Trinajstić information content (AvgIpc) is 3.29. The summed E-state index contributed by atoms with van der Waals surface area (Å²) in [6, 6.07) is 22.0. The van der Waals surface area contributed by atoms with E-state index >= 15 is 0 Å². The summed E-state index contributed by atoms with van der Waals surface area (Å²) < 4.78 is 17.2. The van der Waals surface area contributed by atoms with Crippen LogP contribution in [0.3, 0.4) is 0 Å². The molecule has 0 unspecified atom stereocenters. The highest BCUT2D eigenvalue weighted by atomic mass is 35.5. The zero-order valence-electron chi connectivity index (χ0n) is 20.3. The molecule has 0 radical (unpaired) electrons. The van der Waals surface area contributed by atoms with Gasteiger partial charge < -0.3 is 19.3 Å². The summed E-state index contributed by atoms with van der Waals surface area (Å²) >= 11 is 12.7. The Balaban J connectivity index is 1.73. The smallest absolute Gasteiger partial charge is 0.338 e. The number of rotatable bonds is 10. The molecule has 4 rings (SSSR count). The summed E-state index contributed by atoms with van der Waals surface area (Å²) in [7, 11) is 1.33. The Morgan fingerprint density at radius 1 is 1.11 bits per heavy atom. The lowest BCUT2D eigenvalue weighted by atomic mass is 9.85. The van der Waals surface area contributed by atoms with E-state index in [9.17, 15) is 4.79 Å². The van der Waals surface area contributed by atoms with Crippen molar-refractivity contribution < 1.29 is 24.1 Å². The number of methoxy groups -OCH3 is 1. The van der Waals surface area contributed by atoms with Gasteiger partial charge in [-0.1, -0.05) is 71.8 Å². The van der Waals surface area contributed by atoms with Crippen molar-refractivity contribution in [3.05, 3.63) is 106 Å².